The number of methoxy groups -OCH3 is 1. The second kappa shape index (κ2) is 13.2. The molecule has 196 valence electrons. The number of ether oxygens (including phenoxy) is 1. The summed E-state index contributed by atoms with van der Waals surface area (Å²) >= 11 is 1.73. The first-order valence-electron chi connectivity index (χ1n) is 12.2. The number of para-hydroxylation sites is 1. The van der Waals surface area contributed by atoms with Crippen LogP contribution < -0.4 is 14.4 Å². The van der Waals surface area contributed by atoms with Crippen LogP contribution in [0.15, 0.2) is 114 Å². The Hall–Kier alpha value is -3.75. The predicted molar refractivity (Wildman–Crippen MR) is 154 cm³/mol. The van der Waals surface area contributed by atoms with Gasteiger partial charge < -0.3 is 10.1 Å². The smallest absolute Gasteiger partial charge is 0.264 e. The maximum absolute atomic E-state index is 13.9. The molecule has 1 amide bonds. The molecule has 8 heteroatoms. The van der Waals surface area contributed by atoms with Gasteiger partial charge in [-0.1, -0.05) is 72.8 Å². The molecule has 0 saturated carbocycles. The van der Waals surface area contributed by atoms with Crippen molar-refractivity contribution in [3.05, 3.63) is 126 Å². The van der Waals surface area contributed by atoms with E-state index in [2.05, 4.69) is 17.4 Å². The molecule has 1 N–H and O–H groups in total. The molecule has 4 rings (SSSR count). The molecule has 0 aliphatic rings. The quantitative estimate of drug-likeness (QED) is 0.229. The second-order valence-electron chi connectivity index (χ2n) is 8.48. The number of sulfonamides is 1. The second-order valence-corrected chi connectivity index (χ2v) is 11.5. The molecule has 0 bridgehead atoms. The van der Waals surface area contributed by atoms with Crippen molar-refractivity contribution in [1.82, 2.24) is 5.32 Å². The van der Waals surface area contributed by atoms with Crippen molar-refractivity contribution in [3.63, 3.8) is 0 Å². The van der Waals surface area contributed by atoms with Crippen molar-refractivity contribution in [2.24, 2.45) is 0 Å². The van der Waals surface area contributed by atoms with Crippen molar-refractivity contribution in [1.29, 1.82) is 0 Å². The standard InChI is InChI=1S/C30H30N2O4S2/c1-36-26-16-18-27(19-17-26)38(34,35)32(22-24-10-4-2-5-11-24)29-15-9-8-14-28(29)30(33)31-20-21-37-23-25-12-6-3-7-13-25/h2-19H,20-23H2,1H3,(H,31,33). The summed E-state index contributed by atoms with van der Waals surface area (Å²) in [5.41, 5.74) is 2.65. The van der Waals surface area contributed by atoms with Gasteiger partial charge >= 0.3 is 0 Å². The minimum Gasteiger partial charge on any atom is -0.497 e. The predicted octanol–water partition coefficient (Wildman–Crippen LogP) is 5.75. The number of thioether (sulfide) groups is 1. The van der Waals surface area contributed by atoms with Gasteiger partial charge in [0.2, 0.25) is 0 Å². The highest BCUT2D eigenvalue weighted by molar-refractivity contribution is 7.98. The molecule has 0 aromatic heterocycles. The monoisotopic (exact) mass is 546 g/mol. The molecule has 0 saturated heterocycles. The molecular weight excluding hydrogens is 516 g/mol. The zero-order chi connectivity index (χ0) is 26.8. The van der Waals surface area contributed by atoms with Gasteiger partial charge in [-0.05, 0) is 47.5 Å². The first kappa shape index (κ1) is 27.3. The Bertz CT molecular complexity index is 1430. The average molecular weight is 547 g/mol. The van der Waals surface area contributed by atoms with Gasteiger partial charge in [-0.25, -0.2) is 8.42 Å². The highest BCUT2D eigenvalue weighted by Gasteiger charge is 2.28. The number of amides is 1. The van der Waals surface area contributed by atoms with Crippen LogP contribution in [0.3, 0.4) is 0 Å². The van der Waals surface area contributed by atoms with Crippen LogP contribution in [0.5, 0.6) is 5.75 Å². The summed E-state index contributed by atoms with van der Waals surface area (Å²) in [7, 11) is -2.47. The molecule has 4 aromatic rings. The van der Waals surface area contributed by atoms with Crippen LogP contribution in [0, 0.1) is 0 Å². The van der Waals surface area contributed by atoms with E-state index in [0.717, 1.165) is 17.1 Å². The number of carbonyl (C=O) groups excluding carboxylic acids is 1. The Morgan fingerprint density at radius 3 is 2.08 bits per heavy atom. The van der Waals surface area contributed by atoms with E-state index in [9.17, 15) is 13.2 Å². The van der Waals surface area contributed by atoms with Gasteiger partial charge in [-0.15, -0.1) is 0 Å². The highest BCUT2D eigenvalue weighted by Crippen LogP contribution is 2.30. The number of carbonyl (C=O) groups is 1. The van der Waals surface area contributed by atoms with Crippen molar-refractivity contribution >= 4 is 33.4 Å². The fourth-order valence-corrected chi connectivity index (χ4v) is 6.19. The zero-order valence-electron chi connectivity index (χ0n) is 21.1. The van der Waals surface area contributed by atoms with Gasteiger partial charge in [0.25, 0.3) is 15.9 Å². The lowest BCUT2D eigenvalue weighted by Gasteiger charge is -2.26. The van der Waals surface area contributed by atoms with Crippen molar-refractivity contribution < 1.29 is 17.9 Å². The first-order valence-corrected chi connectivity index (χ1v) is 14.8. The van der Waals surface area contributed by atoms with Gasteiger partial charge in [0.1, 0.15) is 5.75 Å². The summed E-state index contributed by atoms with van der Waals surface area (Å²) in [6, 6.07) is 32.5. The fourth-order valence-electron chi connectivity index (χ4n) is 3.90. The lowest BCUT2D eigenvalue weighted by atomic mass is 10.1. The van der Waals surface area contributed by atoms with E-state index in [1.54, 1.807) is 48.2 Å². The number of hydrogen-bond acceptors (Lipinski definition) is 5. The average Bonchev–Trinajstić information content (AvgIpc) is 2.96. The third kappa shape index (κ3) is 6.96. The van der Waals surface area contributed by atoms with E-state index in [1.165, 1.54) is 29.1 Å². The molecule has 38 heavy (non-hydrogen) atoms. The van der Waals surface area contributed by atoms with E-state index in [4.69, 9.17) is 4.74 Å². The highest BCUT2D eigenvalue weighted by atomic mass is 32.2. The molecule has 0 aliphatic carbocycles. The minimum atomic E-state index is -4.00. The first-order chi connectivity index (χ1) is 18.5. The van der Waals surface area contributed by atoms with E-state index in [0.29, 0.717) is 23.5 Å². The molecule has 0 radical (unpaired) electrons. The van der Waals surface area contributed by atoms with Crippen molar-refractivity contribution in [2.45, 2.75) is 17.2 Å². The molecular formula is C30H30N2O4S2. The van der Waals surface area contributed by atoms with E-state index >= 15 is 0 Å². The third-order valence-electron chi connectivity index (χ3n) is 5.88. The Morgan fingerprint density at radius 2 is 1.42 bits per heavy atom. The topological polar surface area (TPSA) is 75.7 Å². The molecule has 0 aliphatic heterocycles. The van der Waals surface area contributed by atoms with Crippen LogP contribution in [0.1, 0.15) is 21.5 Å². The van der Waals surface area contributed by atoms with E-state index in [1.807, 2.05) is 48.5 Å². The van der Waals surface area contributed by atoms with Gasteiger partial charge in [0, 0.05) is 18.1 Å². The Balaban J connectivity index is 1.56. The largest absolute Gasteiger partial charge is 0.497 e. The number of anilines is 1. The maximum atomic E-state index is 13.9. The molecule has 6 nitrogen and oxygen atoms in total. The maximum Gasteiger partial charge on any atom is 0.264 e. The molecule has 4 aromatic carbocycles. The van der Waals surface area contributed by atoms with Crippen LogP contribution in [0.25, 0.3) is 0 Å². The summed E-state index contributed by atoms with van der Waals surface area (Å²) in [6.45, 7) is 0.543. The van der Waals surface area contributed by atoms with E-state index in [-0.39, 0.29) is 17.3 Å². The summed E-state index contributed by atoms with van der Waals surface area (Å²) in [5, 5.41) is 2.95. The lowest BCUT2D eigenvalue weighted by Crippen LogP contribution is -2.34. The zero-order valence-corrected chi connectivity index (χ0v) is 22.8. The summed E-state index contributed by atoms with van der Waals surface area (Å²) in [6.07, 6.45) is 0. The molecule has 0 fully saturated rings. The van der Waals surface area contributed by atoms with Gasteiger partial charge in [-0.2, -0.15) is 11.8 Å². The van der Waals surface area contributed by atoms with Gasteiger partial charge in [0.05, 0.1) is 29.8 Å². The lowest BCUT2D eigenvalue weighted by molar-refractivity contribution is 0.0957. The molecule has 0 unspecified atom stereocenters. The van der Waals surface area contributed by atoms with Crippen molar-refractivity contribution in [3.8, 4) is 5.75 Å². The molecule has 0 atom stereocenters. The Kier molecular flexibility index (Phi) is 9.46. The normalized spacial score (nSPS) is 11.1. The minimum absolute atomic E-state index is 0.0758. The van der Waals surface area contributed by atoms with E-state index < -0.39 is 10.0 Å². The van der Waals surface area contributed by atoms with Crippen LogP contribution >= 0.6 is 11.8 Å². The van der Waals surface area contributed by atoms with Gasteiger partial charge in [-0.3, -0.25) is 9.10 Å². The number of benzene rings is 4. The summed E-state index contributed by atoms with van der Waals surface area (Å²) < 4.78 is 34.3. The number of hydrogen-bond donors (Lipinski definition) is 1. The number of nitrogens with zero attached hydrogens (tertiary/aromatic N) is 1. The molecule has 0 spiro atoms. The number of nitrogens with one attached hydrogen (secondary N) is 1. The van der Waals surface area contributed by atoms with Crippen LogP contribution in [0.2, 0.25) is 0 Å². The summed E-state index contributed by atoms with van der Waals surface area (Å²) in [5.74, 6) is 1.84. The number of rotatable bonds is 12. The van der Waals surface area contributed by atoms with Crippen LogP contribution in [0.4, 0.5) is 5.69 Å². The van der Waals surface area contributed by atoms with Gasteiger partial charge in [0.15, 0.2) is 0 Å². The van der Waals surface area contributed by atoms with Crippen molar-refractivity contribution in [2.75, 3.05) is 23.7 Å². The van der Waals surface area contributed by atoms with Crippen LogP contribution in [-0.4, -0.2) is 33.7 Å². The Morgan fingerprint density at radius 1 is 0.816 bits per heavy atom. The fraction of sp³-hybridized carbons (Fsp3) is 0.167. The summed E-state index contributed by atoms with van der Waals surface area (Å²) in [4.78, 5) is 13.4. The molecule has 0 heterocycles. The third-order valence-corrected chi connectivity index (χ3v) is 8.68. The van der Waals surface area contributed by atoms with Crippen LogP contribution in [-0.2, 0) is 22.3 Å². The Labute approximate surface area is 228 Å². The SMILES string of the molecule is COc1ccc(S(=O)(=O)N(Cc2ccccc2)c2ccccc2C(=O)NCCSCc2ccccc2)cc1.